The number of nitrogens with zero attached hydrogens (tertiary/aromatic N) is 3. The van der Waals surface area contributed by atoms with E-state index in [0.29, 0.717) is 18.0 Å². The van der Waals surface area contributed by atoms with Crippen molar-refractivity contribution in [3.8, 4) is 23.2 Å². The minimum Gasteiger partial charge on any atom is -0.425 e. The van der Waals surface area contributed by atoms with Crippen molar-refractivity contribution in [2.24, 2.45) is 5.41 Å². The molecular formula is C30H43N3O2. The number of hydrogen-bond donors (Lipinski definition) is 0. The molecule has 1 heterocycles. The summed E-state index contributed by atoms with van der Waals surface area (Å²) in [5.41, 5.74) is 0.910. The van der Waals surface area contributed by atoms with Gasteiger partial charge in [-0.2, -0.15) is 5.26 Å². The standard InChI is InChI=1S/C30H43N3O2/c1-4-6-8-9-10-11-12-13-14-15-16-25-22-32-28(33-23-25)26-17-19-27(20-18-26)35-29(34)30(3,24-31)21-7-5-2/h17-20,22-23H,4-16,21H2,1-3H3. The first kappa shape index (κ1) is 28.5. The van der Waals surface area contributed by atoms with Gasteiger partial charge in [0.1, 0.15) is 5.75 Å². The summed E-state index contributed by atoms with van der Waals surface area (Å²) in [6.45, 7) is 5.94. The summed E-state index contributed by atoms with van der Waals surface area (Å²) in [5, 5.41) is 9.44. The first-order valence-electron chi connectivity index (χ1n) is 13.6. The third-order valence-electron chi connectivity index (χ3n) is 6.57. The number of hydrogen-bond acceptors (Lipinski definition) is 5. The second-order valence-electron chi connectivity index (χ2n) is 9.81. The summed E-state index contributed by atoms with van der Waals surface area (Å²) in [5.74, 6) is 0.572. The van der Waals surface area contributed by atoms with Crippen molar-refractivity contribution in [2.75, 3.05) is 0 Å². The molecule has 2 aromatic rings. The van der Waals surface area contributed by atoms with Crippen LogP contribution < -0.4 is 4.74 Å². The lowest BCUT2D eigenvalue weighted by Crippen LogP contribution is -2.30. The van der Waals surface area contributed by atoms with E-state index in [-0.39, 0.29) is 0 Å². The van der Waals surface area contributed by atoms with Crippen molar-refractivity contribution in [1.82, 2.24) is 9.97 Å². The Morgan fingerprint density at radius 1 is 0.857 bits per heavy atom. The second kappa shape index (κ2) is 16.0. The number of rotatable bonds is 17. The van der Waals surface area contributed by atoms with E-state index in [1.165, 1.54) is 69.8 Å². The SMILES string of the molecule is CCCCCCCCCCCCc1cnc(-c2ccc(OC(=O)C(C)(C#N)CCCC)cc2)nc1. The van der Waals surface area contributed by atoms with Crippen molar-refractivity contribution in [2.45, 2.75) is 111 Å². The average Bonchev–Trinajstić information content (AvgIpc) is 2.89. The van der Waals surface area contributed by atoms with Crippen molar-refractivity contribution in [3.63, 3.8) is 0 Å². The molecule has 5 heteroatoms. The van der Waals surface area contributed by atoms with Gasteiger partial charge in [0.25, 0.3) is 0 Å². The number of unbranched alkanes of at least 4 members (excludes halogenated alkanes) is 10. The minimum atomic E-state index is -1.12. The number of carbonyl (C=O) groups excluding carboxylic acids is 1. The molecule has 0 amide bonds. The fourth-order valence-electron chi connectivity index (χ4n) is 4.08. The highest BCUT2D eigenvalue weighted by molar-refractivity contribution is 5.81. The number of esters is 1. The summed E-state index contributed by atoms with van der Waals surface area (Å²) < 4.78 is 5.48. The molecule has 2 rings (SSSR count). The minimum absolute atomic E-state index is 0.425. The third kappa shape index (κ3) is 10.2. The van der Waals surface area contributed by atoms with E-state index < -0.39 is 11.4 Å². The Bertz CT molecular complexity index is 903. The van der Waals surface area contributed by atoms with Crippen LogP contribution in [-0.2, 0) is 11.2 Å². The molecule has 0 aliphatic heterocycles. The highest BCUT2D eigenvalue weighted by atomic mass is 16.5. The van der Waals surface area contributed by atoms with Crippen LogP contribution in [0.3, 0.4) is 0 Å². The van der Waals surface area contributed by atoms with E-state index in [1.807, 2.05) is 31.5 Å². The van der Waals surface area contributed by atoms with Crippen LogP contribution in [0.25, 0.3) is 11.4 Å². The molecule has 0 spiro atoms. The number of nitriles is 1. The zero-order valence-electron chi connectivity index (χ0n) is 22.0. The van der Waals surface area contributed by atoms with Crippen LogP contribution >= 0.6 is 0 Å². The summed E-state index contributed by atoms with van der Waals surface area (Å²) in [6, 6.07) is 9.26. The summed E-state index contributed by atoms with van der Waals surface area (Å²) >= 11 is 0. The van der Waals surface area contributed by atoms with Crippen LogP contribution in [-0.4, -0.2) is 15.9 Å². The molecule has 0 saturated heterocycles. The van der Waals surface area contributed by atoms with Gasteiger partial charge < -0.3 is 4.74 Å². The number of carbonyl (C=O) groups is 1. The molecule has 1 aromatic carbocycles. The molecule has 5 nitrogen and oxygen atoms in total. The number of ether oxygens (including phenoxy) is 1. The summed E-state index contributed by atoms with van der Waals surface area (Å²) in [4.78, 5) is 21.6. The molecule has 0 aliphatic carbocycles. The van der Waals surface area contributed by atoms with Crippen molar-refractivity contribution >= 4 is 5.97 Å². The maximum Gasteiger partial charge on any atom is 0.331 e. The first-order valence-corrected chi connectivity index (χ1v) is 13.6. The largest absolute Gasteiger partial charge is 0.425 e. The monoisotopic (exact) mass is 477 g/mol. The van der Waals surface area contributed by atoms with Gasteiger partial charge in [-0.3, -0.25) is 0 Å². The molecular weight excluding hydrogens is 434 g/mol. The van der Waals surface area contributed by atoms with Crippen LogP contribution in [0.4, 0.5) is 0 Å². The topological polar surface area (TPSA) is 75.9 Å². The number of aryl methyl sites for hydroxylation is 1. The lowest BCUT2D eigenvalue weighted by Gasteiger charge is -2.19. The van der Waals surface area contributed by atoms with Gasteiger partial charge in [0, 0.05) is 18.0 Å². The predicted molar refractivity (Wildman–Crippen MR) is 142 cm³/mol. The van der Waals surface area contributed by atoms with E-state index in [2.05, 4.69) is 23.0 Å². The number of aromatic nitrogens is 2. The van der Waals surface area contributed by atoms with E-state index in [9.17, 15) is 10.1 Å². The summed E-state index contributed by atoms with van der Waals surface area (Å²) in [6.07, 6.45) is 20.4. The Hall–Kier alpha value is -2.74. The third-order valence-corrected chi connectivity index (χ3v) is 6.57. The highest BCUT2D eigenvalue weighted by Gasteiger charge is 2.34. The zero-order chi connectivity index (χ0) is 25.4. The van der Waals surface area contributed by atoms with Gasteiger partial charge in [0.2, 0.25) is 0 Å². The predicted octanol–water partition coefficient (Wildman–Crippen LogP) is 8.23. The molecule has 0 radical (unpaired) electrons. The van der Waals surface area contributed by atoms with E-state index >= 15 is 0 Å². The molecule has 0 bridgehead atoms. The molecule has 35 heavy (non-hydrogen) atoms. The van der Waals surface area contributed by atoms with E-state index in [4.69, 9.17) is 4.74 Å². The van der Waals surface area contributed by atoms with Gasteiger partial charge in [0.05, 0.1) is 6.07 Å². The smallest absolute Gasteiger partial charge is 0.331 e. The lowest BCUT2D eigenvalue weighted by atomic mass is 9.87. The van der Waals surface area contributed by atoms with Crippen LogP contribution in [0.2, 0.25) is 0 Å². The van der Waals surface area contributed by atoms with Crippen LogP contribution in [0.1, 0.15) is 110 Å². The fourth-order valence-corrected chi connectivity index (χ4v) is 4.08. The molecule has 0 saturated carbocycles. The molecule has 1 aromatic heterocycles. The Labute approximate surface area is 212 Å². The molecule has 1 atom stereocenters. The maximum absolute atomic E-state index is 12.5. The molecule has 1 unspecified atom stereocenters. The maximum atomic E-state index is 12.5. The van der Waals surface area contributed by atoms with Gasteiger partial charge in [-0.15, -0.1) is 0 Å². The van der Waals surface area contributed by atoms with Gasteiger partial charge in [-0.05, 0) is 56.0 Å². The molecule has 0 N–H and O–H groups in total. The normalized spacial score (nSPS) is 12.6. The molecule has 0 aliphatic rings. The van der Waals surface area contributed by atoms with Crippen LogP contribution in [0, 0.1) is 16.7 Å². The van der Waals surface area contributed by atoms with Crippen molar-refractivity contribution in [3.05, 3.63) is 42.2 Å². The van der Waals surface area contributed by atoms with Crippen LogP contribution in [0.5, 0.6) is 5.75 Å². The van der Waals surface area contributed by atoms with Gasteiger partial charge in [0.15, 0.2) is 11.2 Å². The van der Waals surface area contributed by atoms with E-state index in [0.717, 1.165) is 24.8 Å². The average molecular weight is 478 g/mol. The Morgan fingerprint density at radius 2 is 1.40 bits per heavy atom. The van der Waals surface area contributed by atoms with Gasteiger partial charge in [-0.1, -0.05) is 84.5 Å². The Balaban J connectivity index is 1.75. The van der Waals surface area contributed by atoms with E-state index in [1.54, 1.807) is 19.1 Å². The van der Waals surface area contributed by atoms with Crippen molar-refractivity contribution in [1.29, 1.82) is 5.26 Å². The first-order chi connectivity index (χ1) is 17.0. The zero-order valence-corrected chi connectivity index (χ0v) is 22.0. The van der Waals surface area contributed by atoms with Crippen LogP contribution in [0.15, 0.2) is 36.7 Å². The molecule has 190 valence electrons. The molecule has 0 fully saturated rings. The second-order valence-corrected chi connectivity index (χ2v) is 9.81. The van der Waals surface area contributed by atoms with Crippen molar-refractivity contribution < 1.29 is 9.53 Å². The summed E-state index contributed by atoms with van der Waals surface area (Å²) in [7, 11) is 0. The van der Waals surface area contributed by atoms with Gasteiger partial charge in [-0.25, -0.2) is 14.8 Å². The van der Waals surface area contributed by atoms with Gasteiger partial charge >= 0.3 is 5.97 Å². The Kier molecular flexibility index (Phi) is 13.0. The number of benzene rings is 1. The quantitative estimate of drug-likeness (QED) is 0.130. The highest BCUT2D eigenvalue weighted by Crippen LogP contribution is 2.27. The fraction of sp³-hybridized carbons (Fsp3) is 0.600. The Morgan fingerprint density at radius 3 is 1.94 bits per heavy atom. The lowest BCUT2D eigenvalue weighted by molar-refractivity contribution is -0.142.